The third kappa shape index (κ3) is 1.70. The fourth-order valence-corrected chi connectivity index (χ4v) is 1.24. The lowest BCUT2D eigenvalue weighted by atomic mass is 10.0. The van der Waals surface area contributed by atoms with Crippen LogP contribution in [0.25, 0.3) is 0 Å². The van der Waals surface area contributed by atoms with Crippen molar-refractivity contribution in [3.63, 3.8) is 0 Å². The Morgan fingerprint density at radius 1 is 1.50 bits per heavy atom. The molecule has 0 aliphatic heterocycles. The average Bonchev–Trinajstić information content (AvgIpc) is 2.09. The molecule has 1 N–H and O–H groups in total. The van der Waals surface area contributed by atoms with Gasteiger partial charge in [0.05, 0.1) is 0 Å². The van der Waals surface area contributed by atoms with Crippen molar-refractivity contribution >= 4 is 17.6 Å². The zero-order chi connectivity index (χ0) is 10.9. The smallest absolute Gasteiger partial charge is 0.379 e. The molecule has 0 bridgehead atoms. The Kier molecular flexibility index (Phi) is 2.76. The van der Waals surface area contributed by atoms with E-state index < -0.39 is 17.5 Å². The summed E-state index contributed by atoms with van der Waals surface area (Å²) in [5, 5.41) is 8.45. The molecule has 0 aliphatic carbocycles. The maximum atomic E-state index is 13.1. The van der Waals surface area contributed by atoms with Crippen molar-refractivity contribution in [3.8, 4) is 0 Å². The van der Waals surface area contributed by atoms with Gasteiger partial charge in [0.15, 0.2) is 0 Å². The summed E-state index contributed by atoms with van der Waals surface area (Å²) in [7, 11) is 0. The Morgan fingerprint density at radius 2 is 2.07 bits per heavy atom. The Hall–Kier alpha value is -1.16. The van der Waals surface area contributed by atoms with Crippen LogP contribution >= 0.6 is 11.6 Å². The Bertz CT molecular complexity index is 377. The summed E-state index contributed by atoms with van der Waals surface area (Å²) in [4.78, 5) is 10.3. The number of alkyl halides is 2. The minimum absolute atomic E-state index is 0.0848. The van der Waals surface area contributed by atoms with E-state index in [9.17, 15) is 13.6 Å². The zero-order valence-corrected chi connectivity index (χ0v) is 7.98. The first-order valence-corrected chi connectivity index (χ1v) is 4.12. The molecule has 0 atom stereocenters. The standard InChI is InChI=1S/C9H7ClF2O2/c1-5-6(3-2-4-7(5)10)9(11,12)8(13)14/h2-4H,1H3,(H,13,14). The van der Waals surface area contributed by atoms with Crippen LogP contribution in [0.4, 0.5) is 8.78 Å². The van der Waals surface area contributed by atoms with Crippen LogP contribution in [-0.4, -0.2) is 11.1 Å². The van der Waals surface area contributed by atoms with Crippen molar-refractivity contribution in [2.75, 3.05) is 0 Å². The second kappa shape index (κ2) is 3.53. The highest BCUT2D eigenvalue weighted by Gasteiger charge is 2.42. The zero-order valence-electron chi connectivity index (χ0n) is 7.22. The Labute approximate surface area is 84.1 Å². The second-order valence-corrected chi connectivity index (χ2v) is 3.20. The lowest BCUT2D eigenvalue weighted by Gasteiger charge is -2.14. The molecule has 0 unspecified atom stereocenters. The first-order valence-electron chi connectivity index (χ1n) is 3.74. The van der Waals surface area contributed by atoms with Gasteiger partial charge in [0.1, 0.15) is 0 Å². The topological polar surface area (TPSA) is 37.3 Å². The molecule has 0 radical (unpaired) electrons. The van der Waals surface area contributed by atoms with Gasteiger partial charge in [-0.25, -0.2) is 4.79 Å². The van der Waals surface area contributed by atoms with E-state index in [4.69, 9.17) is 16.7 Å². The van der Waals surface area contributed by atoms with Crippen LogP contribution in [0.5, 0.6) is 0 Å². The first kappa shape index (κ1) is 10.9. The average molecular weight is 221 g/mol. The van der Waals surface area contributed by atoms with Crippen molar-refractivity contribution in [3.05, 3.63) is 34.3 Å². The molecular formula is C9H7ClF2O2. The van der Waals surface area contributed by atoms with E-state index in [2.05, 4.69) is 0 Å². The predicted molar refractivity (Wildman–Crippen MR) is 47.7 cm³/mol. The summed E-state index contributed by atoms with van der Waals surface area (Å²) in [6.45, 7) is 1.36. The van der Waals surface area contributed by atoms with E-state index in [-0.39, 0.29) is 10.6 Å². The van der Waals surface area contributed by atoms with Crippen molar-refractivity contribution in [1.29, 1.82) is 0 Å². The van der Waals surface area contributed by atoms with Gasteiger partial charge in [-0.3, -0.25) is 0 Å². The lowest BCUT2D eigenvalue weighted by molar-refractivity contribution is -0.166. The van der Waals surface area contributed by atoms with E-state index in [1.165, 1.54) is 19.1 Å². The highest BCUT2D eigenvalue weighted by Crippen LogP contribution is 2.33. The minimum atomic E-state index is -3.89. The number of hydrogen-bond donors (Lipinski definition) is 1. The monoisotopic (exact) mass is 220 g/mol. The highest BCUT2D eigenvalue weighted by molar-refractivity contribution is 6.31. The van der Waals surface area contributed by atoms with Crippen molar-refractivity contribution in [1.82, 2.24) is 0 Å². The molecule has 1 aromatic rings. The molecule has 5 heteroatoms. The van der Waals surface area contributed by atoms with E-state index >= 15 is 0 Å². The molecule has 1 rings (SSSR count). The van der Waals surface area contributed by atoms with Gasteiger partial charge in [-0.05, 0) is 18.6 Å². The summed E-state index contributed by atoms with van der Waals surface area (Å²) in [5.74, 6) is -6.07. The largest absolute Gasteiger partial charge is 0.477 e. The van der Waals surface area contributed by atoms with Crippen molar-refractivity contribution in [2.24, 2.45) is 0 Å². The number of carboxylic acid groups (broad SMARTS) is 1. The number of halogens is 3. The van der Waals surface area contributed by atoms with E-state index in [0.717, 1.165) is 6.07 Å². The number of hydrogen-bond acceptors (Lipinski definition) is 1. The van der Waals surface area contributed by atoms with E-state index in [1.807, 2.05) is 0 Å². The molecular weight excluding hydrogens is 214 g/mol. The van der Waals surface area contributed by atoms with Gasteiger partial charge >= 0.3 is 11.9 Å². The number of aliphatic carboxylic acids is 1. The van der Waals surface area contributed by atoms with Crippen LogP contribution in [0.15, 0.2) is 18.2 Å². The molecule has 0 saturated heterocycles. The number of carbonyl (C=O) groups is 1. The molecule has 0 aliphatic rings. The lowest BCUT2D eigenvalue weighted by Crippen LogP contribution is -2.26. The number of rotatable bonds is 2. The normalized spacial score (nSPS) is 11.4. The summed E-state index contributed by atoms with van der Waals surface area (Å²) in [6.07, 6.45) is 0. The van der Waals surface area contributed by atoms with Gasteiger partial charge in [-0.15, -0.1) is 0 Å². The first-order chi connectivity index (χ1) is 6.37. The van der Waals surface area contributed by atoms with Gasteiger partial charge in [-0.2, -0.15) is 8.78 Å². The molecule has 76 valence electrons. The molecule has 0 amide bonds. The van der Waals surface area contributed by atoms with Crippen LogP contribution in [0.2, 0.25) is 5.02 Å². The molecule has 0 fully saturated rings. The molecule has 1 aromatic carbocycles. The quantitative estimate of drug-likeness (QED) is 0.832. The summed E-state index contributed by atoms with van der Waals surface area (Å²) in [5.41, 5.74) is -0.487. The van der Waals surface area contributed by atoms with Gasteiger partial charge in [0, 0.05) is 10.6 Å². The SMILES string of the molecule is Cc1c(Cl)cccc1C(F)(F)C(=O)O. The minimum Gasteiger partial charge on any atom is -0.477 e. The van der Waals surface area contributed by atoms with Crippen LogP contribution in [-0.2, 0) is 10.7 Å². The molecule has 0 spiro atoms. The van der Waals surface area contributed by atoms with Crippen LogP contribution in [0, 0.1) is 6.92 Å². The molecule has 14 heavy (non-hydrogen) atoms. The van der Waals surface area contributed by atoms with Gasteiger partial charge in [0.25, 0.3) is 0 Å². The molecule has 0 saturated carbocycles. The molecule has 2 nitrogen and oxygen atoms in total. The van der Waals surface area contributed by atoms with E-state index in [1.54, 1.807) is 0 Å². The Morgan fingerprint density at radius 3 is 2.57 bits per heavy atom. The number of benzene rings is 1. The maximum absolute atomic E-state index is 13.1. The fraction of sp³-hybridized carbons (Fsp3) is 0.222. The summed E-state index contributed by atoms with van der Waals surface area (Å²) in [6, 6.07) is 3.77. The third-order valence-electron chi connectivity index (χ3n) is 1.87. The van der Waals surface area contributed by atoms with E-state index in [0.29, 0.717) is 0 Å². The third-order valence-corrected chi connectivity index (χ3v) is 2.28. The van der Waals surface area contributed by atoms with Crippen LogP contribution in [0.1, 0.15) is 11.1 Å². The fourth-order valence-electron chi connectivity index (χ4n) is 1.06. The predicted octanol–water partition coefficient (Wildman–Crippen LogP) is 2.82. The maximum Gasteiger partial charge on any atom is 0.379 e. The second-order valence-electron chi connectivity index (χ2n) is 2.79. The van der Waals surface area contributed by atoms with Crippen molar-refractivity contribution in [2.45, 2.75) is 12.8 Å². The highest BCUT2D eigenvalue weighted by atomic mass is 35.5. The van der Waals surface area contributed by atoms with Gasteiger partial charge in [0.2, 0.25) is 0 Å². The summed E-state index contributed by atoms with van der Waals surface area (Å²) >= 11 is 5.60. The molecule has 0 heterocycles. The van der Waals surface area contributed by atoms with Gasteiger partial charge < -0.3 is 5.11 Å². The van der Waals surface area contributed by atoms with Crippen LogP contribution < -0.4 is 0 Å². The van der Waals surface area contributed by atoms with Gasteiger partial charge in [-0.1, -0.05) is 23.7 Å². The summed E-state index contributed by atoms with van der Waals surface area (Å²) < 4.78 is 26.1. The number of carboxylic acids is 1. The van der Waals surface area contributed by atoms with Crippen molar-refractivity contribution < 1.29 is 18.7 Å². The Balaban J connectivity index is 3.33. The van der Waals surface area contributed by atoms with Crippen LogP contribution in [0.3, 0.4) is 0 Å². The molecule has 0 aromatic heterocycles.